The fourth-order valence-corrected chi connectivity index (χ4v) is 3.26. The van der Waals surface area contributed by atoms with Gasteiger partial charge in [0.25, 0.3) is 5.56 Å². The minimum atomic E-state index is -1.08. The zero-order chi connectivity index (χ0) is 18.8. The third kappa shape index (κ3) is 3.18. The lowest BCUT2D eigenvalue weighted by Crippen LogP contribution is -2.17. The van der Waals surface area contributed by atoms with Crippen LogP contribution in [0.2, 0.25) is 0 Å². The van der Waals surface area contributed by atoms with Gasteiger partial charge in [0.05, 0.1) is 19.9 Å². The normalized spacial score (nSPS) is 11.2. The zero-order valence-corrected chi connectivity index (χ0v) is 15.2. The van der Waals surface area contributed by atoms with Gasteiger partial charge in [-0.15, -0.1) is 0 Å². The molecule has 2 aromatic heterocycles. The Balaban J connectivity index is 2.03. The van der Waals surface area contributed by atoms with E-state index in [2.05, 4.69) is 4.98 Å². The van der Waals surface area contributed by atoms with E-state index in [0.717, 1.165) is 16.9 Å². The van der Waals surface area contributed by atoms with Crippen LogP contribution in [0.3, 0.4) is 0 Å². The fourth-order valence-electron chi connectivity index (χ4n) is 2.44. The third-order valence-electron chi connectivity index (χ3n) is 3.85. The van der Waals surface area contributed by atoms with Crippen LogP contribution in [0.25, 0.3) is 17.1 Å². The molecule has 0 amide bonds. The van der Waals surface area contributed by atoms with Crippen molar-refractivity contribution < 1.29 is 19.4 Å². The van der Waals surface area contributed by atoms with Gasteiger partial charge in [-0.1, -0.05) is 23.5 Å². The van der Waals surface area contributed by atoms with Crippen molar-refractivity contribution in [1.82, 2.24) is 9.38 Å². The number of rotatable bonds is 5. The van der Waals surface area contributed by atoms with Crippen molar-refractivity contribution >= 4 is 34.4 Å². The molecule has 0 unspecified atom stereocenters. The molecule has 0 bridgehead atoms. The highest BCUT2D eigenvalue weighted by atomic mass is 32.1. The molecule has 0 spiro atoms. The monoisotopic (exact) mass is 372 g/mol. The molecule has 0 aliphatic heterocycles. The molecule has 0 aliphatic rings. The second-order valence-corrected chi connectivity index (χ2v) is 6.44. The van der Waals surface area contributed by atoms with Gasteiger partial charge in [-0.2, -0.15) is 0 Å². The Kier molecular flexibility index (Phi) is 4.77. The number of benzene rings is 1. The van der Waals surface area contributed by atoms with Crippen LogP contribution < -0.4 is 15.0 Å². The maximum atomic E-state index is 12.4. The van der Waals surface area contributed by atoms with Crippen LogP contribution in [0, 0.1) is 6.92 Å². The van der Waals surface area contributed by atoms with E-state index in [0.29, 0.717) is 27.7 Å². The second-order valence-electron chi connectivity index (χ2n) is 5.43. The molecule has 26 heavy (non-hydrogen) atoms. The molecular weight excluding hydrogens is 356 g/mol. The SMILES string of the molecule is COc1ccc(C=Cc2nc3sc(C(=O)O)cn3c(=O)c2C)cc1OC. The summed E-state index contributed by atoms with van der Waals surface area (Å²) < 4.78 is 11.7. The molecule has 3 rings (SSSR count). The van der Waals surface area contributed by atoms with Crippen molar-refractivity contribution in [2.75, 3.05) is 14.2 Å². The van der Waals surface area contributed by atoms with E-state index in [1.165, 1.54) is 10.6 Å². The summed E-state index contributed by atoms with van der Waals surface area (Å²) in [6.07, 6.45) is 4.82. The van der Waals surface area contributed by atoms with E-state index in [1.54, 1.807) is 39.4 Å². The van der Waals surface area contributed by atoms with Crippen LogP contribution in [0.15, 0.2) is 29.2 Å². The quantitative estimate of drug-likeness (QED) is 0.741. The summed E-state index contributed by atoms with van der Waals surface area (Å²) in [4.78, 5) is 28.4. The Morgan fingerprint density at radius 2 is 1.96 bits per heavy atom. The van der Waals surface area contributed by atoms with Crippen LogP contribution in [0.1, 0.15) is 26.5 Å². The highest BCUT2D eigenvalue weighted by Gasteiger charge is 2.14. The highest BCUT2D eigenvalue weighted by molar-refractivity contribution is 7.18. The van der Waals surface area contributed by atoms with Crippen molar-refractivity contribution in [1.29, 1.82) is 0 Å². The molecule has 0 atom stereocenters. The molecule has 3 aromatic rings. The fraction of sp³-hybridized carbons (Fsp3) is 0.167. The Bertz CT molecular complexity index is 1080. The number of nitrogens with zero attached hydrogens (tertiary/aromatic N) is 2. The predicted octanol–water partition coefficient (Wildman–Crippen LogP) is 2.95. The average Bonchev–Trinajstić information content (AvgIpc) is 3.07. The van der Waals surface area contributed by atoms with Gasteiger partial charge < -0.3 is 14.6 Å². The largest absolute Gasteiger partial charge is 0.493 e. The van der Waals surface area contributed by atoms with Gasteiger partial charge >= 0.3 is 5.97 Å². The predicted molar refractivity (Wildman–Crippen MR) is 99.5 cm³/mol. The number of aromatic carboxylic acids is 1. The summed E-state index contributed by atoms with van der Waals surface area (Å²) in [5.74, 6) is 0.137. The molecule has 0 saturated heterocycles. The summed E-state index contributed by atoms with van der Waals surface area (Å²) in [5.41, 5.74) is 1.49. The van der Waals surface area contributed by atoms with E-state index in [1.807, 2.05) is 12.1 Å². The minimum Gasteiger partial charge on any atom is -0.493 e. The number of methoxy groups -OCH3 is 2. The molecule has 0 fully saturated rings. The number of fused-ring (bicyclic) bond motifs is 1. The second kappa shape index (κ2) is 7.01. The number of hydrogen-bond donors (Lipinski definition) is 1. The molecule has 134 valence electrons. The first-order chi connectivity index (χ1) is 12.4. The molecule has 1 N–H and O–H groups in total. The number of carbonyl (C=O) groups is 1. The molecule has 2 heterocycles. The van der Waals surface area contributed by atoms with Gasteiger partial charge in [-0.25, -0.2) is 9.78 Å². The zero-order valence-electron chi connectivity index (χ0n) is 14.3. The number of thiazole rings is 1. The van der Waals surface area contributed by atoms with E-state index in [4.69, 9.17) is 14.6 Å². The molecule has 8 heteroatoms. The summed E-state index contributed by atoms with van der Waals surface area (Å²) in [6, 6.07) is 5.45. The van der Waals surface area contributed by atoms with Gasteiger partial charge in [0.2, 0.25) is 0 Å². The third-order valence-corrected chi connectivity index (χ3v) is 4.82. The summed E-state index contributed by atoms with van der Waals surface area (Å²) in [5, 5.41) is 9.09. The first-order valence-electron chi connectivity index (χ1n) is 7.60. The molecule has 0 aliphatic carbocycles. The van der Waals surface area contributed by atoms with Crippen LogP contribution in [0.5, 0.6) is 11.5 Å². The number of carboxylic acids is 1. The molecular formula is C18H16N2O5S. The summed E-state index contributed by atoms with van der Waals surface area (Å²) in [7, 11) is 3.12. The summed E-state index contributed by atoms with van der Waals surface area (Å²) >= 11 is 0.957. The highest BCUT2D eigenvalue weighted by Crippen LogP contribution is 2.28. The van der Waals surface area contributed by atoms with Crippen LogP contribution >= 0.6 is 11.3 Å². The lowest BCUT2D eigenvalue weighted by molar-refractivity contribution is 0.0701. The molecule has 1 aromatic carbocycles. The van der Waals surface area contributed by atoms with Crippen LogP contribution in [0.4, 0.5) is 0 Å². The maximum Gasteiger partial charge on any atom is 0.347 e. The molecule has 7 nitrogen and oxygen atoms in total. The van der Waals surface area contributed by atoms with Crippen LogP contribution in [-0.2, 0) is 0 Å². The maximum absolute atomic E-state index is 12.4. The first-order valence-corrected chi connectivity index (χ1v) is 8.42. The lowest BCUT2D eigenvalue weighted by atomic mass is 10.1. The first kappa shape index (κ1) is 17.7. The van der Waals surface area contributed by atoms with Crippen molar-refractivity contribution in [2.45, 2.75) is 6.92 Å². The van der Waals surface area contributed by atoms with Gasteiger partial charge in [-0.3, -0.25) is 9.20 Å². The number of hydrogen-bond acceptors (Lipinski definition) is 6. The van der Waals surface area contributed by atoms with E-state index >= 15 is 0 Å². The summed E-state index contributed by atoms with van der Waals surface area (Å²) in [6.45, 7) is 1.66. The van der Waals surface area contributed by atoms with Gasteiger partial charge in [0.1, 0.15) is 4.88 Å². The smallest absolute Gasteiger partial charge is 0.347 e. The average molecular weight is 372 g/mol. The van der Waals surface area contributed by atoms with Gasteiger partial charge in [0, 0.05) is 11.8 Å². The van der Waals surface area contributed by atoms with Crippen molar-refractivity contribution in [3.63, 3.8) is 0 Å². The standard InChI is InChI=1S/C18H16N2O5S/c1-10-12(6-4-11-5-7-13(24-2)14(8-11)25-3)19-18-20(16(10)21)9-15(26-18)17(22)23/h4-9H,1-3H3,(H,22,23). The topological polar surface area (TPSA) is 90.1 Å². The van der Waals surface area contributed by atoms with Crippen molar-refractivity contribution in [2.24, 2.45) is 0 Å². The van der Waals surface area contributed by atoms with Gasteiger partial charge in [-0.05, 0) is 30.7 Å². The Labute approximate surface area is 152 Å². The number of aromatic nitrogens is 2. The Morgan fingerprint density at radius 1 is 1.23 bits per heavy atom. The van der Waals surface area contributed by atoms with Gasteiger partial charge in [0.15, 0.2) is 16.5 Å². The molecule has 0 saturated carbocycles. The number of carboxylic acid groups (broad SMARTS) is 1. The van der Waals surface area contributed by atoms with Crippen molar-refractivity contribution in [3.05, 3.63) is 56.4 Å². The van der Waals surface area contributed by atoms with E-state index in [-0.39, 0.29) is 10.4 Å². The lowest BCUT2D eigenvalue weighted by Gasteiger charge is -2.07. The van der Waals surface area contributed by atoms with Crippen molar-refractivity contribution in [3.8, 4) is 11.5 Å². The molecule has 0 radical (unpaired) electrons. The minimum absolute atomic E-state index is 0.0648. The van der Waals surface area contributed by atoms with Crippen LogP contribution in [-0.4, -0.2) is 34.7 Å². The Morgan fingerprint density at radius 3 is 2.62 bits per heavy atom. The Hall–Kier alpha value is -3.13. The van der Waals surface area contributed by atoms with E-state index in [9.17, 15) is 9.59 Å². The van der Waals surface area contributed by atoms with E-state index < -0.39 is 5.97 Å². The number of ether oxygens (including phenoxy) is 2.